The average Bonchev–Trinajstić information content (AvgIpc) is 1.50. The third kappa shape index (κ3) is 3.29. The second-order valence-corrected chi connectivity index (χ2v) is 0. The summed E-state index contributed by atoms with van der Waals surface area (Å²) < 4.78 is 0. The Morgan fingerprint density at radius 1 is 1.50 bits per heavy atom. The molecule has 4 heavy (non-hydrogen) atoms. The van der Waals surface area contributed by atoms with E-state index in [0.717, 1.165) is 0 Å². The normalized spacial score (nSPS) is 2.50. The highest BCUT2D eigenvalue weighted by atomic mass is 16.4. The van der Waals surface area contributed by atoms with Gasteiger partial charge in [-0.1, -0.05) is 0 Å². The maximum atomic E-state index is 6.50. The van der Waals surface area contributed by atoms with Gasteiger partial charge in [0.1, 0.15) is 0 Å². The number of hydrogen-bond donors (Lipinski definition) is 2. The van der Waals surface area contributed by atoms with Crippen molar-refractivity contribution >= 4 is 6.79 Å². The molecule has 0 spiro atoms. The molecule has 0 saturated heterocycles. The van der Waals surface area contributed by atoms with Gasteiger partial charge in [0.05, 0.1) is 0 Å². The van der Waals surface area contributed by atoms with Gasteiger partial charge in [0, 0.05) is 0 Å². The third-order valence-corrected chi connectivity index (χ3v) is 0. The molecule has 0 heterocycles. The quantitative estimate of drug-likeness (QED) is 0.164. The molecule has 0 aromatic carbocycles. The molecule has 26 valence electrons. The van der Waals surface area contributed by atoms with Gasteiger partial charge < -0.3 is 10.0 Å². The molecule has 0 fully saturated rings. The zero-order valence-corrected chi connectivity index (χ0v) is 2.05. The first-order valence-electron chi connectivity index (χ1n) is 0.516. The zero-order chi connectivity index (χ0) is 4.00. The van der Waals surface area contributed by atoms with Gasteiger partial charge in [0.25, 0.3) is 0 Å². The van der Waals surface area contributed by atoms with Crippen molar-refractivity contribution in [3.8, 4) is 0 Å². The molecule has 0 unspecified atom stereocenters. The summed E-state index contributed by atoms with van der Waals surface area (Å²) in [6.07, 6.45) is 0. The van der Waals surface area contributed by atoms with E-state index in [9.17, 15) is 0 Å². The van der Waals surface area contributed by atoms with Crippen LogP contribution in [0.5, 0.6) is 0 Å². The van der Waals surface area contributed by atoms with E-state index in [1.54, 1.807) is 0 Å². The van der Waals surface area contributed by atoms with Crippen LogP contribution >= 0.6 is 0 Å². The minimum Gasteiger partial charge on any atom is -0.474 e. The van der Waals surface area contributed by atoms with Gasteiger partial charge in [-0.05, 0) is 6.79 Å². The standard InChI is InChI=1S/CH2O.H3NO/c2*1-2/h1-2H;2H,1H2. The second kappa shape index (κ2) is 39.0. The van der Waals surface area contributed by atoms with E-state index in [-0.39, 0.29) is 0 Å². The molecule has 0 saturated carbocycles. The lowest BCUT2D eigenvalue weighted by molar-refractivity contribution is 0.311. The molecule has 0 aliphatic rings. The Balaban J connectivity index is 0. The minimum absolute atomic E-state index is 3.50. The Morgan fingerprint density at radius 3 is 1.50 bits per heavy atom. The number of nitrogens with two attached hydrogens (primary N) is 1. The van der Waals surface area contributed by atoms with Crippen LogP contribution in [0.3, 0.4) is 0 Å². The van der Waals surface area contributed by atoms with Crippen LogP contribution in [0.4, 0.5) is 0 Å². The van der Waals surface area contributed by atoms with Crippen molar-refractivity contribution in [3.63, 3.8) is 0 Å². The van der Waals surface area contributed by atoms with E-state index in [0.29, 0.717) is 0 Å². The predicted octanol–water partition coefficient (Wildman–Crippen LogP) is -0.998. The molecule has 0 aliphatic heterocycles. The zero-order valence-electron chi connectivity index (χ0n) is 2.05. The van der Waals surface area contributed by atoms with Crippen LogP contribution in [0.15, 0.2) is 0 Å². The van der Waals surface area contributed by atoms with Crippen LogP contribution in [0.25, 0.3) is 0 Å². The van der Waals surface area contributed by atoms with Crippen molar-refractivity contribution in [1.29, 1.82) is 0 Å². The van der Waals surface area contributed by atoms with E-state index >= 15 is 0 Å². The van der Waals surface area contributed by atoms with Crippen molar-refractivity contribution < 1.29 is 10.0 Å². The summed E-state index contributed by atoms with van der Waals surface area (Å²) in [7, 11) is 0. The minimum atomic E-state index is 3.50. The molecular formula is CH5NO2. The molecule has 0 rings (SSSR count). The van der Waals surface area contributed by atoms with Gasteiger partial charge in [-0.3, -0.25) is 0 Å². The molecule has 0 radical (unpaired) electrons. The SMILES string of the molecule is NO.[CH-]=[OH+]. The van der Waals surface area contributed by atoms with E-state index in [4.69, 9.17) is 10.0 Å². The van der Waals surface area contributed by atoms with Gasteiger partial charge in [-0.25, -0.2) is 5.90 Å². The highest BCUT2D eigenvalue weighted by Gasteiger charge is 0.732. The fourth-order valence-electron chi connectivity index (χ4n) is 0. The number of carbonyl (C=O) groups excluding carboxylic acids is 1. The largest absolute Gasteiger partial charge is 0.474 e. The number of hydrogen-bond acceptors (Lipinski definition) is 2. The summed E-state index contributed by atoms with van der Waals surface area (Å²) >= 11 is 0. The van der Waals surface area contributed by atoms with Crippen molar-refractivity contribution in [3.05, 3.63) is 0 Å². The van der Waals surface area contributed by atoms with Gasteiger partial charge >= 0.3 is 0 Å². The summed E-state index contributed by atoms with van der Waals surface area (Å²) in [5.41, 5.74) is 0. The lowest BCUT2D eigenvalue weighted by Gasteiger charge is -1.27. The van der Waals surface area contributed by atoms with Crippen LogP contribution in [0, 0.1) is 0 Å². The Morgan fingerprint density at radius 2 is 1.50 bits per heavy atom. The maximum Gasteiger partial charge on any atom is -0.0382 e. The average molecular weight is 63.1 g/mol. The first-order chi connectivity index (χ1) is 2.00. The summed E-state index contributed by atoms with van der Waals surface area (Å²) in [6.45, 7) is 3.50. The Labute approximate surface area is 24.0 Å². The van der Waals surface area contributed by atoms with Gasteiger partial charge in [-0.2, -0.15) is 0 Å². The smallest absolute Gasteiger partial charge is 0.0382 e. The van der Waals surface area contributed by atoms with Gasteiger partial charge in [0.15, 0.2) is 0 Å². The topological polar surface area (TPSA) is 67.7 Å². The number of rotatable bonds is 0. The summed E-state index contributed by atoms with van der Waals surface area (Å²) in [5, 5.41) is 6.50. The van der Waals surface area contributed by atoms with Crippen LogP contribution < -0.4 is 5.90 Å². The molecule has 0 amide bonds. The molecule has 3 nitrogen and oxygen atoms in total. The summed E-state index contributed by atoms with van der Waals surface area (Å²) in [4.78, 5) is 6.50. The van der Waals surface area contributed by atoms with Gasteiger partial charge in [0.2, 0.25) is 0 Å². The molecule has 0 aliphatic carbocycles. The van der Waals surface area contributed by atoms with Gasteiger partial charge in [-0.15, -0.1) is 0 Å². The molecule has 3 heteroatoms. The first kappa shape index (κ1) is 9.53. The summed E-state index contributed by atoms with van der Waals surface area (Å²) in [5.74, 6) is 3.50. The van der Waals surface area contributed by atoms with Crippen molar-refractivity contribution in [2.45, 2.75) is 0 Å². The van der Waals surface area contributed by atoms with Crippen LogP contribution in [-0.4, -0.2) is 16.8 Å². The highest BCUT2D eigenvalue weighted by Crippen LogP contribution is 0.424. The van der Waals surface area contributed by atoms with E-state index in [2.05, 4.69) is 12.7 Å². The first-order valence-corrected chi connectivity index (χ1v) is 0.516. The molecular weight excluding hydrogens is 58.0 g/mol. The Kier molecular flexibility index (Phi) is 92.8. The monoisotopic (exact) mass is 63.0 g/mol. The molecule has 0 bridgehead atoms. The van der Waals surface area contributed by atoms with Crippen LogP contribution in [0.1, 0.15) is 0 Å². The van der Waals surface area contributed by atoms with E-state index in [1.165, 1.54) is 0 Å². The fourth-order valence-corrected chi connectivity index (χ4v) is 0. The molecule has 4 N–H and O–H groups in total. The maximum absolute atomic E-state index is 6.50. The summed E-state index contributed by atoms with van der Waals surface area (Å²) in [6, 6.07) is 0. The van der Waals surface area contributed by atoms with Crippen molar-refractivity contribution in [2.24, 2.45) is 5.90 Å². The predicted molar refractivity (Wildman–Crippen MR) is 14.0 cm³/mol. The van der Waals surface area contributed by atoms with Crippen molar-refractivity contribution in [2.75, 3.05) is 0 Å². The Hall–Kier alpha value is -0.410. The van der Waals surface area contributed by atoms with E-state index in [1.807, 2.05) is 0 Å². The third-order valence-electron chi connectivity index (χ3n) is 0. The van der Waals surface area contributed by atoms with Crippen LogP contribution in [0.2, 0.25) is 0 Å². The van der Waals surface area contributed by atoms with E-state index < -0.39 is 0 Å². The highest BCUT2D eigenvalue weighted by molar-refractivity contribution is 5.12. The molecule has 0 atom stereocenters. The molecule has 0 aromatic heterocycles. The van der Waals surface area contributed by atoms with Crippen LogP contribution in [-0.2, 0) is 0 Å². The Bertz CT molecular complexity index is 6.00. The molecule has 0 aromatic rings. The lowest BCUT2D eigenvalue weighted by Crippen LogP contribution is -1.72. The lowest BCUT2D eigenvalue weighted by atomic mass is 11.9. The fraction of sp³-hybridized carbons (Fsp3) is 0. The second-order valence-electron chi connectivity index (χ2n) is 0. The van der Waals surface area contributed by atoms with Crippen molar-refractivity contribution in [1.82, 2.24) is 0 Å².